The minimum Gasteiger partial charge on any atom is -0.373 e. The van der Waals surface area contributed by atoms with Gasteiger partial charge in [0.2, 0.25) is 5.60 Å². The van der Waals surface area contributed by atoms with Gasteiger partial charge in [-0.25, -0.2) is 4.39 Å². The molecular formula is C19H22F4N4O2. The van der Waals surface area contributed by atoms with Crippen LogP contribution in [0.3, 0.4) is 0 Å². The lowest BCUT2D eigenvalue weighted by Crippen LogP contribution is -2.58. The first-order chi connectivity index (χ1) is 13.4. The Morgan fingerprint density at radius 1 is 1.31 bits per heavy atom. The number of carbonyl (C=O) groups excluding carboxylic acids is 1. The largest absolute Gasteiger partial charge is 0.426 e. The van der Waals surface area contributed by atoms with Gasteiger partial charge in [-0.1, -0.05) is 6.92 Å². The van der Waals surface area contributed by atoms with Gasteiger partial charge in [-0.2, -0.15) is 13.2 Å². The molecule has 2 heterocycles. The summed E-state index contributed by atoms with van der Waals surface area (Å²) in [5, 5.41) is 17.8. The highest BCUT2D eigenvalue weighted by Crippen LogP contribution is 2.36. The summed E-state index contributed by atoms with van der Waals surface area (Å²) in [6.45, 7) is 4.15. The SMILES string of the molecule is Cc1cc(F)ccc1-c1nncn1[C@H]1CCN(C(=O)[C@@](C)(O)C(F)(F)F)C[C@H]1C. The summed E-state index contributed by atoms with van der Waals surface area (Å²) in [6, 6.07) is 4.16. The summed E-state index contributed by atoms with van der Waals surface area (Å²) in [5.41, 5.74) is -2.04. The van der Waals surface area contributed by atoms with E-state index in [1.54, 1.807) is 13.0 Å². The summed E-state index contributed by atoms with van der Waals surface area (Å²) in [7, 11) is 0. The topological polar surface area (TPSA) is 71.2 Å². The van der Waals surface area contributed by atoms with Crippen molar-refractivity contribution in [1.29, 1.82) is 0 Å². The number of rotatable bonds is 3. The molecular weight excluding hydrogens is 392 g/mol. The van der Waals surface area contributed by atoms with Crippen LogP contribution in [0.1, 0.15) is 31.9 Å². The molecule has 0 radical (unpaired) electrons. The van der Waals surface area contributed by atoms with E-state index in [4.69, 9.17) is 0 Å². The molecule has 3 rings (SSSR count). The van der Waals surface area contributed by atoms with Crippen LogP contribution < -0.4 is 0 Å². The van der Waals surface area contributed by atoms with Crippen LogP contribution in [0.2, 0.25) is 0 Å². The van der Waals surface area contributed by atoms with Gasteiger partial charge in [0, 0.05) is 24.7 Å². The molecule has 10 heteroatoms. The van der Waals surface area contributed by atoms with Crippen molar-refractivity contribution >= 4 is 5.91 Å². The van der Waals surface area contributed by atoms with Crippen LogP contribution in [0, 0.1) is 18.7 Å². The number of aromatic nitrogens is 3. The van der Waals surface area contributed by atoms with E-state index in [0.717, 1.165) is 4.90 Å². The van der Waals surface area contributed by atoms with Crippen molar-refractivity contribution in [3.63, 3.8) is 0 Å². The molecule has 0 unspecified atom stereocenters. The number of benzene rings is 1. The average Bonchev–Trinajstić information content (AvgIpc) is 3.09. The number of nitrogens with zero attached hydrogens (tertiary/aromatic N) is 4. The molecule has 1 fully saturated rings. The fraction of sp³-hybridized carbons (Fsp3) is 0.526. The number of carbonyl (C=O) groups is 1. The zero-order valence-corrected chi connectivity index (χ0v) is 16.2. The van der Waals surface area contributed by atoms with Crippen LogP contribution in [0.5, 0.6) is 0 Å². The molecule has 1 saturated heterocycles. The molecule has 1 aliphatic heterocycles. The molecule has 0 aliphatic carbocycles. The van der Waals surface area contributed by atoms with E-state index in [-0.39, 0.29) is 30.9 Å². The van der Waals surface area contributed by atoms with Crippen molar-refractivity contribution in [1.82, 2.24) is 19.7 Å². The highest BCUT2D eigenvalue weighted by Gasteiger charge is 2.57. The van der Waals surface area contributed by atoms with Crippen LogP contribution >= 0.6 is 0 Å². The highest BCUT2D eigenvalue weighted by atomic mass is 19.4. The Morgan fingerprint density at radius 3 is 2.59 bits per heavy atom. The van der Waals surface area contributed by atoms with Crippen LogP contribution in [0.4, 0.5) is 17.6 Å². The van der Waals surface area contributed by atoms with Crippen molar-refractivity contribution < 1.29 is 27.5 Å². The first-order valence-electron chi connectivity index (χ1n) is 9.18. The normalized spacial score (nSPS) is 22.4. The van der Waals surface area contributed by atoms with Gasteiger partial charge >= 0.3 is 6.18 Å². The van der Waals surface area contributed by atoms with E-state index < -0.39 is 17.7 Å². The number of likely N-dealkylation sites (tertiary alicyclic amines) is 1. The van der Waals surface area contributed by atoms with Gasteiger partial charge in [0.1, 0.15) is 12.1 Å². The van der Waals surface area contributed by atoms with Gasteiger partial charge < -0.3 is 14.6 Å². The van der Waals surface area contributed by atoms with Crippen LogP contribution in [0.25, 0.3) is 11.4 Å². The van der Waals surface area contributed by atoms with E-state index in [1.165, 1.54) is 18.5 Å². The van der Waals surface area contributed by atoms with Crippen LogP contribution in [-0.2, 0) is 4.79 Å². The van der Waals surface area contributed by atoms with E-state index >= 15 is 0 Å². The number of alkyl halides is 3. The maximum Gasteiger partial charge on any atom is 0.426 e. The Labute approximate surface area is 165 Å². The smallest absolute Gasteiger partial charge is 0.373 e. The second kappa shape index (κ2) is 7.40. The molecule has 2 aromatic rings. The third-order valence-electron chi connectivity index (χ3n) is 5.48. The summed E-state index contributed by atoms with van der Waals surface area (Å²) >= 11 is 0. The van der Waals surface area contributed by atoms with Crippen molar-refractivity contribution in [2.75, 3.05) is 13.1 Å². The minimum absolute atomic E-state index is 0.0513. The zero-order chi connectivity index (χ0) is 21.6. The Morgan fingerprint density at radius 2 is 2.00 bits per heavy atom. The van der Waals surface area contributed by atoms with Crippen LogP contribution in [0.15, 0.2) is 24.5 Å². The molecule has 1 amide bonds. The minimum atomic E-state index is -5.05. The summed E-state index contributed by atoms with van der Waals surface area (Å²) in [4.78, 5) is 13.3. The number of hydrogen-bond acceptors (Lipinski definition) is 4. The monoisotopic (exact) mass is 414 g/mol. The predicted octanol–water partition coefficient (Wildman–Crippen LogP) is 3.12. The second-order valence-corrected chi connectivity index (χ2v) is 7.68. The Hall–Kier alpha value is -2.49. The molecule has 0 bridgehead atoms. The summed E-state index contributed by atoms with van der Waals surface area (Å²) in [5.74, 6) is -1.41. The Bertz CT molecular complexity index is 910. The van der Waals surface area contributed by atoms with Crippen molar-refractivity contribution in [3.8, 4) is 11.4 Å². The molecule has 0 spiro atoms. The standard InChI is InChI=1S/C19H22F4N4O2/c1-11-8-13(20)4-5-14(11)16-25-24-10-27(16)15-6-7-26(9-12(15)2)17(28)18(3,29)19(21,22)23/h4-5,8,10,12,15,29H,6-7,9H2,1-3H3/t12-,15+,18-/m1/s1. The number of halogens is 4. The molecule has 1 aliphatic rings. The quantitative estimate of drug-likeness (QED) is 0.784. The van der Waals surface area contributed by atoms with Crippen molar-refractivity contribution in [2.24, 2.45) is 5.92 Å². The Kier molecular flexibility index (Phi) is 5.42. The van der Waals surface area contributed by atoms with Crippen molar-refractivity contribution in [2.45, 2.75) is 45.0 Å². The molecule has 1 N–H and O–H groups in total. The van der Waals surface area contributed by atoms with E-state index in [0.29, 0.717) is 30.3 Å². The average molecular weight is 414 g/mol. The molecule has 6 nitrogen and oxygen atoms in total. The maximum atomic E-state index is 13.4. The first-order valence-corrected chi connectivity index (χ1v) is 9.18. The predicted molar refractivity (Wildman–Crippen MR) is 96.2 cm³/mol. The molecule has 1 aromatic carbocycles. The number of hydrogen-bond donors (Lipinski definition) is 1. The third kappa shape index (κ3) is 3.85. The summed E-state index contributed by atoms with van der Waals surface area (Å²) in [6.07, 6.45) is -3.15. The van der Waals surface area contributed by atoms with E-state index in [9.17, 15) is 27.5 Å². The fourth-order valence-corrected chi connectivity index (χ4v) is 3.72. The second-order valence-electron chi connectivity index (χ2n) is 7.68. The van der Waals surface area contributed by atoms with Crippen LogP contribution in [-0.4, -0.2) is 55.5 Å². The Balaban J connectivity index is 1.82. The van der Waals surface area contributed by atoms with Gasteiger partial charge in [0.15, 0.2) is 5.82 Å². The number of aryl methyl sites for hydroxylation is 1. The zero-order valence-electron chi connectivity index (χ0n) is 16.2. The van der Waals surface area contributed by atoms with Gasteiger partial charge in [-0.05, 0) is 49.9 Å². The van der Waals surface area contributed by atoms with E-state index in [2.05, 4.69) is 10.2 Å². The lowest BCUT2D eigenvalue weighted by atomic mass is 9.91. The maximum absolute atomic E-state index is 13.4. The number of piperidine rings is 1. The van der Waals surface area contributed by atoms with Gasteiger partial charge in [-0.15, -0.1) is 10.2 Å². The fourth-order valence-electron chi connectivity index (χ4n) is 3.72. The number of amides is 1. The highest BCUT2D eigenvalue weighted by molar-refractivity contribution is 5.85. The molecule has 29 heavy (non-hydrogen) atoms. The van der Waals surface area contributed by atoms with Gasteiger partial charge in [0.05, 0.1) is 0 Å². The first kappa shape index (κ1) is 21.2. The molecule has 3 atom stereocenters. The van der Waals surface area contributed by atoms with Gasteiger partial charge in [-0.3, -0.25) is 4.79 Å². The summed E-state index contributed by atoms with van der Waals surface area (Å²) < 4.78 is 54.2. The van der Waals surface area contributed by atoms with Crippen molar-refractivity contribution in [3.05, 3.63) is 35.9 Å². The third-order valence-corrected chi connectivity index (χ3v) is 5.48. The van der Waals surface area contributed by atoms with Gasteiger partial charge in [0.25, 0.3) is 5.91 Å². The molecule has 158 valence electrons. The lowest BCUT2D eigenvalue weighted by Gasteiger charge is -2.40. The lowest BCUT2D eigenvalue weighted by molar-refractivity contribution is -0.251. The van der Waals surface area contributed by atoms with E-state index in [1.807, 2.05) is 11.5 Å². The molecule has 1 aromatic heterocycles. The number of aliphatic hydroxyl groups is 1. The molecule has 0 saturated carbocycles.